The van der Waals surface area contributed by atoms with E-state index in [-0.39, 0.29) is 35.9 Å². The van der Waals surface area contributed by atoms with Gasteiger partial charge in [0.15, 0.2) is 0 Å². The average Bonchev–Trinajstić information content (AvgIpc) is 3.41. The summed E-state index contributed by atoms with van der Waals surface area (Å²) in [7, 11) is 0. The van der Waals surface area contributed by atoms with Gasteiger partial charge in [-0.3, -0.25) is 14.5 Å². The molecule has 3 saturated heterocycles. The number of fused-ring (bicyclic) bond motifs is 2. The Kier molecular flexibility index (Phi) is 4.78. The summed E-state index contributed by atoms with van der Waals surface area (Å²) in [4.78, 5) is 31.3. The van der Waals surface area contributed by atoms with Crippen molar-refractivity contribution >= 4 is 17.5 Å². The number of hydrogen-bond donors (Lipinski definition) is 0. The average molecular weight is 377 g/mol. The molecule has 0 aliphatic carbocycles. The molecular formula is C21H23N5O2. The standard InChI is InChI=1S/C21H23N5O2/c1-14(20(27)25-8-4-6-16(25)11-23)12-24-13-17-9-19(24)21(28)26(17)18-7-3-2-5-15(18)10-22/h2-3,5,7,14,16-17,19H,4,6,8-9,12-13H2,1H3/t14-,16-,17-,19-/m0/s1. The number of carbonyl (C=O) groups excluding carboxylic acids is 2. The minimum atomic E-state index is -0.315. The third-order valence-corrected chi connectivity index (χ3v) is 6.17. The lowest BCUT2D eigenvalue weighted by molar-refractivity contribution is -0.136. The second-order valence-electron chi connectivity index (χ2n) is 7.92. The smallest absolute Gasteiger partial charge is 0.244 e. The normalized spacial score (nSPS) is 27.7. The zero-order chi connectivity index (χ0) is 19.8. The fourth-order valence-corrected chi connectivity index (χ4v) is 4.84. The molecule has 7 heteroatoms. The first-order chi connectivity index (χ1) is 13.5. The number of rotatable bonds is 4. The highest BCUT2D eigenvalue weighted by atomic mass is 16.2. The Balaban J connectivity index is 1.44. The molecule has 7 nitrogen and oxygen atoms in total. The molecule has 1 aromatic rings. The molecule has 0 radical (unpaired) electrons. The van der Waals surface area contributed by atoms with Gasteiger partial charge < -0.3 is 9.80 Å². The Morgan fingerprint density at radius 3 is 2.82 bits per heavy atom. The number of para-hydroxylation sites is 1. The van der Waals surface area contributed by atoms with E-state index in [9.17, 15) is 20.1 Å². The fourth-order valence-electron chi connectivity index (χ4n) is 4.84. The molecule has 1 aromatic carbocycles. The highest BCUT2D eigenvalue weighted by Gasteiger charge is 2.51. The lowest BCUT2D eigenvalue weighted by atomic mass is 10.1. The zero-order valence-corrected chi connectivity index (χ0v) is 15.9. The molecule has 3 aliphatic rings. The fraction of sp³-hybridized carbons (Fsp3) is 0.524. The van der Waals surface area contributed by atoms with E-state index < -0.39 is 0 Å². The molecule has 3 aliphatic heterocycles. The molecule has 0 saturated carbocycles. The number of likely N-dealkylation sites (tertiary alicyclic amines) is 2. The molecular weight excluding hydrogens is 354 g/mol. The maximum absolute atomic E-state index is 13.0. The summed E-state index contributed by atoms with van der Waals surface area (Å²) in [5.41, 5.74) is 1.19. The van der Waals surface area contributed by atoms with Gasteiger partial charge in [-0.15, -0.1) is 0 Å². The second kappa shape index (κ2) is 7.26. The highest BCUT2D eigenvalue weighted by Crippen LogP contribution is 2.37. The van der Waals surface area contributed by atoms with Crippen molar-refractivity contribution in [2.24, 2.45) is 5.92 Å². The summed E-state index contributed by atoms with van der Waals surface area (Å²) in [6, 6.07) is 11.1. The van der Waals surface area contributed by atoms with Crippen molar-refractivity contribution in [2.75, 3.05) is 24.5 Å². The first kappa shape index (κ1) is 18.5. The van der Waals surface area contributed by atoms with Crippen LogP contribution in [-0.2, 0) is 9.59 Å². The number of amides is 2. The Labute approximate surface area is 164 Å². The maximum atomic E-state index is 13.0. The van der Waals surface area contributed by atoms with E-state index in [1.165, 1.54) is 0 Å². The molecule has 28 heavy (non-hydrogen) atoms. The largest absolute Gasteiger partial charge is 0.326 e. The van der Waals surface area contributed by atoms with Gasteiger partial charge in [0.05, 0.1) is 29.4 Å². The van der Waals surface area contributed by atoms with Crippen LogP contribution in [0.5, 0.6) is 0 Å². The van der Waals surface area contributed by atoms with Crippen LogP contribution in [0.4, 0.5) is 5.69 Å². The predicted molar refractivity (Wildman–Crippen MR) is 102 cm³/mol. The second-order valence-corrected chi connectivity index (χ2v) is 7.92. The minimum Gasteiger partial charge on any atom is -0.326 e. The van der Waals surface area contributed by atoms with Crippen LogP contribution in [0.25, 0.3) is 0 Å². The summed E-state index contributed by atoms with van der Waals surface area (Å²) < 4.78 is 0. The van der Waals surface area contributed by atoms with Gasteiger partial charge in [-0.05, 0) is 31.4 Å². The third kappa shape index (κ3) is 2.93. The van der Waals surface area contributed by atoms with Gasteiger partial charge in [-0.2, -0.15) is 10.5 Å². The third-order valence-electron chi connectivity index (χ3n) is 6.17. The van der Waals surface area contributed by atoms with Crippen LogP contribution in [0.3, 0.4) is 0 Å². The molecule has 3 fully saturated rings. The number of piperazine rings is 1. The Morgan fingerprint density at radius 2 is 2.11 bits per heavy atom. The Bertz CT molecular complexity index is 886. The van der Waals surface area contributed by atoms with Gasteiger partial charge in [-0.1, -0.05) is 19.1 Å². The van der Waals surface area contributed by atoms with E-state index in [0.29, 0.717) is 30.9 Å². The number of hydrogen-bond acceptors (Lipinski definition) is 5. The Hall–Kier alpha value is -2.90. The van der Waals surface area contributed by atoms with Crippen molar-refractivity contribution in [1.29, 1.82) is 10.5 Å². The molecule has 0 spiro atoms. The summed E-state index contributed by atoms with van der Waals surface area (Å²) in [5, 5.41) is 18.6. The zero-order valence-electron chi connectivity index (χ0n) is 15.9. The van der Waals surface area contributed by atoms with Crippen molar-refractivity contribution in [3.8, 4) is 12.1 Å². The molecule has 3 heterocycles. The van der Waals surface area contributed by atoms with E-state index in [1.54, 1.807) is 21.9 Å². The summed E-state index contributed by atoms with van der Waals surface area (Å²) in [6.45, 7) is 3.75. The maximum Gasteiger partial charge on any atom is 0.244 e. The number of nitrogens with zero attached hydrogens (tertiary/aromatic N) is 5. The van der Waals surface area contributed by atoms with E-state index >= 15 is 0 Å². The number of carbonyl (C=O) groups is 2. The number of nitriles is 2. The van der Waals surface area contributed by atoms with Gasteiger partial charge >= 0.3 is 0 Å². The van der Waals surface area contributed by atoms with Gasteiger partial charge in [0.25, 0.3) is 0 Å². The van der Waals surface area contributed by atoms with Crippen molar-refractivity contribution in [2.45, 2.75) is 44.3 Å². The van der Waals surface area contributed by atoms with E-state index in [2.05, 4.69) is 17.0 Å². The topological polar surface area (TPSA) is 91.4 Å². The molecule has 2 amide bonds. The van der Waals surface area contributed by atoms with Crippen molar-refractivity contribution in [3.05, 3.63) is 29.8 Å². The molecule has 0 N–H and O–H groups in total. The van der Waals surface area contributed by atoms with E-state index in [1.807, 2.05) is 19.1 Å². The molecule has 144 valence electrons. The van der Waals surface area contributed by atoms with Crippen LogP contribution in [0.2, 0.25) is 0 Å². The number of benzene rings is 1. The van der Waals surface area contributed by atoms with Gasteiger partial charge in [0, 0.05) is 25.6 Å². The first-order valence-corrected chi connectivity index (χ1v) is 9.81. The number of anilines is 1. The first-order valence-electron chi connectivity index (χ1n) is 9.81. The van der Waals surface area contributed by atoms with Gasteiger partial charge in [0.1, 0.15) is 12.1 Å². The van der Waals surface area contributed by atoms with Gasteiger partial charge in [0.2, 0.25) is 11.8 Å². The van der Waals surface area contributed by atoms with Crippen molar-refractivity contribution in [1.82, 2.24) is 9.80 Å². The summed E-state index contributed by atoms with van der Waals surface area (Å²) in [5.74, 6) is -0.235. The molecule has 2 bridgehead atoms. The molecule has 4 rings (SSSR count). The van der Waals surface area contributed by atoms with Crippen LogP contribution in [-0.4, -0.2) is 59.4 Å². The van der Waals surface area contributed by atoms with Crippen LogP contribution in [0.15, 0.2) is 24.3 Å². The monoisotopic (exact) mass is 377 g/mol. The van der Waals surface area contributed by atoms with Crippen LogP contribution in [0, 0.1) is 28.6 Å². The van der Waals surface area contributed by atoms with E-state index in [4.69, 9.17) is 0 Å². The SMILES string of the molecule is C[C@@H](CN1C[C@@H]2C[C@H]1C(=O)N2c1ccccc1C#N)C(=O)N1CCC[C@H]1C#N. The molecule has 0 aromatic heterocycles. The summed E-state index contributed by atoms with van der Waals surface area (Å²) in [6.07, 6.45) is 2.34. The van der Waals surface area contributed by atoms with E-state index in [0.717, 1.165) is 19.3 Å². The van der Waals surface area contributed by atoms with Crippen LogP contribution >= 0.6 is 0 Å². The van der Waals surface area contributed by atoms with Gasteiger partial charge in [-0.25, -0.2) is 0 Å². The van der Waals surface area contributed by atoms with Crippen molar-refractivity contribution < 1.29 is 9.59 Å². The lowest BCUT2D eigenvalue weighted by Gasteiger charge is -2.35. The van der Waals surface area contributed by atoms with Crippen LogP contribution in [0.1, 0.15) is 31.7 Å². The quantitative estimate of drug-likeness (QED) is 0.793. The Morgan fingerprint density at radius 1 is 1.32 bits per heavy atom. The highest BCUT2D eigenvalue weighted by molar-refractivity contribution is 6.02. The summed E-state index contributed by atoms with van der Waals surface area (Å²) >= 11 is 0. The lowest BCUT2D eigenvalue weighted by Crippen LogP contribution is -2.53. The predicted octanol–water partition coefficient (Wildman–Crippen LogP) is 1.50. The van der Waals surface area contributed by atoms with Crippen LogP contribution < -0.4 is 4.90 Å². The van der Waals surface area contributed by atoms with Crippen molar-refractivity contribution in [3.63, 3.8) is 0 Å². The molecule has 0 unspecified atom stereocenters. The molecule has 4 atom stereocenters. The minimum absolute atomic E-state index is 0.00551.